The molecule has 0 spiro atoms. The van der Waals surface area contributed by atoms with Crippen LogP contribution in [0.1, 0.15) is 78.0 Å². The second-order valence-corrected chi connectivity index (χ2v) is 10.7. The Kier molecular flexibility index (Phi) is 7.92. The number of carboxylic acids is 1. The first-order valence-electron chi connectivity index (χ1n) is 13.1. The van der Waals surface area contributed by atoms with Crippen molar-refractivity contribution in [3.05, 3.63) is 51.9 Å². The molecule has 9 nitrogen and oxygen atoms in total. The van der Waals surface area contributed by atoms with Gasteiger partial charge in [-0.2, -0.15) is 0 Å². The van der Waals surface area contributed by atoms with Crippen molar-refractivity contribution in [3.8, 4) is 0 Å². The molecule has 198 valence electrons. The predicted octanol–water partition coefficient (Wildman–Crippen LogP) is 3.99. The Labute approximate surface area is 221 Å². The summed E-state index contributed by atoms with van der Waals surface area (Å²) in [5.74, 6) is -0.239. The second kappa shape index (κ2) is 11.3. The van der Waals surface area contributed by atoms with Gasteiger partial charge in [-0.3, -0.25) is 9.78 Å². The zero-order chi connectivity index (χ0) is 25.9. The minimum Gasteiger partial charge on any atom is -0.480 e. The molecular formula is C27H33ClN4O5. The number of aliphatic carboxylic acids is 1. The second-order valence-electron chi connectivity index (χ2n) is 10.3. The first kappa shape index (κ1) is 25.9. The molecule has 0 unspecified atom stereocenters. The number of carbonyl (C=O) groups excluding carboxylic acids is 1. The zero-order valence-electron chi connectivity index (χ0n) is 20.7. The fourth-order valence-electron chi connectivity index (χ4n) is 5.39. The van der Waals surface area contributed by atoms with Crippen molar-refractivity contribution in [2.45, 2.75) is 75.8 Å². The number of hydrogen-bond donors (Lipinski definition) is 3. The molecule has 3 aliphatic rings. The summed E-state index contributed by atoms with van der Waals surface area (Å²) in [6.07, 6.45) is 10.2. The number of carboxylic acid groups (broad SMARTS) is 1. The molecule has 3 heterocycles. The number of hydroxylamine groups is 2. The summed E-state index contributed by atoms with van der Waals surface area (Å²) in [5, 5.41) is 24.2. The standard InChI is InChI=1S/C27H33ClN4O5/c28-22-15-29-14-21(17-4-5-17)24(22)27(36)37-32(23(9-11-33)26(34)35)20-12-16(13-20)3-7-19-8-6-18-2-1-10-30-25(18)31-19/h6,8,14-17,20,23,33H,1-5,7,9-13H2,(H,30,31)(H,34,35)/t16?,20?,23-/m0/s1. The number of fused-ring (bicyclic) bond motifs is 1. The van der Waals surface area contributed by atoms with Gasteiger partial charge in [-0.25, -0.2) is 9.78 Å². The minimum atomic E-state index is -1.14. The van der Waals surface area contributed by atoms with Gasteiger partial charge >= 0.3 is 11.9 Å². The number of hydrogen-bond acceptors (Lipinski definition) is 8. The Bertz CT molecular complexity index is 1150. The molecule has 1 atom stereocenters. The van der Waals surface area contributed by atoms with E-state index < -0.39 is 18.0 Å². The summed E-state index contributed by atoms with van der Waals surface area (Å²) in [5.41, 5.74) is 3.30. The number of pyridine rings is 2. The van der Waals surface area contributed by atoms with Gasteiger partial charge in [0.05, 0.1) is 10.6 Å². The highest BCUT2D eigenvalue weighted by Crippen LogP contribution is 2.43. The van der Waals surface area contributed by atoms with E-state index in [1.165, 1.54) is 16.8 Å². The minimum absolute atomic E-state index is 0.0462. The summed E-state index contributed by atoms with van der Waals surface area (Å²) >= 11 is 6.33. The quantitative estimate of drug-likeness (QED) is 0.371. The van der Waals surface area contributed by atoms with E-state index in [1.54, 1.807) is 6.20 Å². The van der Waals surface area contributed by atoms with E-state index in [1.807, 2.05) is 0 Å². The average Bonchev–Trinajstić information content (AvgIpc) is 3.70. The van der Waals surface area contributed by atoms with Gasteiger partial charge in [-0.15, -0.1) is 5.06 Å². The first-order valence-corrected chi connectivity index (χ1v) is 13.5. The number of nitrogens with one attached hydrogen (secondary N) is 1. The molecule has 2 aliphatic carbocycles. The van der Waals surface area contributed by atoms with Crippen LogP contribution in [-0.4, -0.2) is 62.4 Å². The number of aliphatic hydroxyl groups excluding tert-OH is 1. The molecule has 0 saturated heterocycles. The Hall–Kier alpha value is -2.75. The summed E-state index contributed by atoms with van der Waals surface area (Å²) in [4.78, 5) is 40.0. The summed E-state index contributed by atoms with van der Waals surface area (Å²) < 4.78 is 0. The van der Waals surface area contributed by atoms with Gasteiger partial charge < -0.3 is 20.4 Å². The number of rotatable bonds is 11. The monoisotopic (exact) mass is 528 g/mol. The number of aryl methyl sites for hydroxylation is 2. The Morgan fingerprint density at radius 3 is 2.78 bits per heavy atom. The van der Waals surface area contributed by atoms with Gasteiger partial charge in [0.1, 0.15) is 11.9 Å². The average molecular weight is 529 g/mol. The predicted molar refractivity (Wildman–Crippen MR) is 137 cm³/mol. The summed E-state index contributed by atoms with van der Waals surface area (Å²) in [7, 11) is 0. The van der Waals surface area contributed by atoms with Crippen LogP contribution in [0.4, 0.5) is 5.82 Å². The van der Waals surface area contributed by atoms with E-state index >= 15 is 0 Å². The van der Waals surface area contributed by atoms with Crippen LogP contribution in [0.3, 0.4) is 0 Å². The molecule has 0 bridgehead atoms. The zero-order valence-corrected chi connectivity index (χ0v) is 21.5. The third-order valence-corrected chi connectivity index (χ3v) is 7.95. The van der Waals surface area contributed by atoms with Crippen LogP contribution in [0, 0.1) is 5.92 Å². The molecule has 2 aromatic rings. The molecule has 0 amide bonds. The molecule has 0 aromatic carbocycles. The topological polar surface area (TPSA) is 125 Å². The molecule has 37 heavy (non-hydrogen) atoms. The number of anilines is 1. The van der Waals surface area contributed by atoms with Crippen LogP contribution in [0.2, 0.25) is 5.02 Å². The van der Waals surface area contributed by atoms with Crippen LogP contribution in [0.25, 0.3) is 0 Å². The highest BCUT2D eigenvalue weighted by Gasteiger charge is 2.42. The molecule has 3 N–H and O–H groups in total. The highest BCUT2D eigenvalue weighted by molar-refractivity contribution is 6.33. The van der Waals surface area contributed by atoms with Crippen molar-refractivity contribution in [1.29, 1.82) is 0 Å². The lowest BCUT2D eigenvalue weighted by Crippen LogP contribution is -2.53. The van der Waals surface area contributed by atoms with E-state index in [9.17, 15) is 19.8 Å². The summed E-state index contributed by atoms with van der Waals surface area (Å²) in [6.45, 7) is 0.621. The van der Waals surface area contributed by atoms with Crippen molar-refractivity contribution in [3.63, 3.8) is 0 Å². The summed E-state index contributed by atoms with van der Waals surface area (Å²) in [6, 6.07) is 2.86. The van der Waals surface area contributed by atoms with E-state index in [2.05, 4.69) is 22.4 Å². The normalized spacial score (nSPS) is 21.5. The molecule has 2 saturated carbocycles. The number of aliphatic hydroxyl groups is 1. The fraction of sp³-hybridized carbons (Fsp3) is 0.556. The highest BCUT2D eigenvalue weighted by atomic mass is 35.5. The number of aromatic nitrogens is 2. The van der Waals surface area contributed by atoms with Gasteiger partial charge in [0.15, 0.2) is 0 Å². The number of halogens is 1. The van der Waals surface area contributed by atoms with Gasteiger partial charge in [-0.1, -0.05) is 17.7 Å². The smallest absolute Gasteiger partial charge is 0.358 e. The lowest BCUT2D eigenvalue weighted by molar-refractivity contribution is -0.204. The van der Waals surface area contributed by atoms with E-state index in [0.29, 0.717) is 18.8 Å². The molecule has 0 radical (unpaired) electrons. The van der Waals surface area contributed by atoms with Crippen molar-refractivity contribution >= 4 is 29.4 Å². The maximum atomic E-state index is 13.3. The van der Waals surface area contributed by atoms with Crippen molar-refractivity contribution in [2.24, 2.45) is 5.92 Å². The lowest BCUT2D eigenvalue weighted by atomic mass is 9.76. The third-order valence-electron chi connectivity index (χ3n) is 7.66. The van der Waals surface area contributed by atoms with Crippen LogP contribution in [0.5, 0.6) is 0 Å². The van der Waals surface area contributed by atoms with Gasteiger partial charge in [0.2, 0.25) is 0 Å². The maximum absolute atomic E-state index is 13.3. The molecular weight excluding hydrogens is 496 g/mol. The molecule has 5 rings (SSSR count). The molecule has 2 aromatic heterocycles. The Balaban J connectivity index is 1.25. The number of carbonyl (C=O) groups is 2. The van der Waals surface area contributed by atoms with Gasteiger partial charge in [0.25, 0.3) is 0 Å². The van der Waals surface area contributed by atoms with E-state index in [0.717, 1.165) is 62.1 Å². The van der Waals surface area contributed by atoms with Crippen molar-refractivity contribution in [2.75, 3.05) is 18.5 Å². The first-order chi connectivity index (χ1) is 17.9. The van der Waals surface area contributed by atoms with Gasteiger partial charge in [-0.05, 0) is 86.8 Å². The van der Waals surface area contributed by atoms with Crippen molar-refractivity contribution in [1.82, 2.24) is 15.0 Å². The Morgan fingerprint density at radius 1 is 1.24 bits per heavy atom. The van der Waals surface area contributed by atoms with Crippen molar-refractivity contribution < 1.29 is 24.6 Å². The number of nitrogens with zero attached hydrogens (tertiary/aromatic N) is 3. The van der Waals surface area contributed by atoms with E-state index in [4.69, 9.17) is 21.4 Å². The van der Waals surface area contributed by atoms with Crippen LogP contribution >= 0.6 is 11.6 Å². The van der Waals surface area contributed by atoms with Crippen LogP contribution in [-0.2, 0) is 22.5 Å². The Morgan fingerprint density at radius 2 is 2.05 bits per heavy atom. The maximum Gasteiger partial charge on any atom is 0.358 e. The van der Waals surface area contributed by atoms with Crippen LogP contribution in [0.15, 0.2) is 24.5 Å². The SMILES string of the molecule is O=C(ON(C1CC(CCc2ccc3c(n2)NCCC3)C1)[C@@H](CCO)C(=O)O)c1c(Cl)cncc1C1CC1. The molecule has 1 aliphatic heterocycles. The van der Waals surface area contributed by atoms with E-state index in [-0.39, 0.29) is 35.6 Å². The lowest BCUT2D eigenvalue weighted by Gasteiger charge is -2.43. The van der Waals surface area contributed by atoms with Crippen LogP contribution < -0.4 is 5.32 Å². The third kappa shape index (κ3) is 5.89. The largest absolute Gasteiger partial charge is 0.480 e. The molecule has 2 fully saturated rings. The molecule has 10 heteroatoms. The fourth-order valence-corrected chi connectivity index (χ4v) is 5.63. The van der Waals surface area contributed by atoms with Gasteiger partial charge in [0, 0.05) is 37.3 Å².